The van der Waals surface area contributed by atoms with Crippen molar-refractivity contribution in [3.05, 3.63) is 149 Å². The van der Waals surface area contributed by atoms with Crippen LogP contribution in [-0.4, -0.2) is 123 Å². The predicted molar refractivity (Wildman–Crippen MR) is 246 cm³/mol. The van der Waals surface area contributed by atoms with E-state index in [1.165, 1.54) is 6.07 Å². The molecule has 4 bridgehead atoms. The first-order chi connectivity index (χ1) is 31.0. The smallest absolute Gasteiger partial charge is 0.322 e. The predicted octanol–water partition coefficient (Wildman–Crippen LogP) is 5.19. The van der Waals surface area contributed by atoms with Gasteiger partial charge in [-0.15, -0.1) is 0 Å². The number of amides is 3. The lowest BCUT2D eigenvalue weighted by Gasteiger charge is -2.36. The molecule has 6 N–H and O–H groups in total. The second kappa shape index (κ2) is 22.1. The summed E-state index contributed by atoms with van der Waals surface area (Å²) < 4.78 is 19.9. The number of benzene rings is 3. The first-order valence-electron chi connectivity index (χ1n) is 21.8. The van der Waals surface area contributed by atoms with Gasteiger partial charge >= 0.3 is 6.03 Å². The Morgan fingerprint density at radius 1 is 0.656 bits per heavy atom. The van der Waals surface area contributed by atoms with Gasteiger partial charge in [0.05, 0.1) is 43.0 Å². The summed E-state index contributed by atoms with van der Waals surface area (Å²) in [6.07, 6.45) is 0.785. The Labute approximate surface area is 374 Å². The number of piperazine rings is 1. The third-order valence-electron chi connectivity index (χ3n) is 11.5. The lowest BCUT2D eigenvalue weighted by Crippen LogP contribution is -2.53. The first-order valence-corrected chi connectivity index (χ1v) is 21.8. The first kappa shape index (κ1) is 45.4. The van der Waals surface area contributed by atoms with E-state index >= 15 is 0 Å². The zero-order chi connectivity index (χ0) is 44.8. The summed E-state index contributed by atoms with van der Waals surface area (Å²) in [4.78, 5) is 50.4. The van der Waals surface area contributed by atoms with Crippen molar-refractivity contribution in [1.29, 1.82) is 5.41 Å². The van der Waals surface area contributed by atoms with Crippen LogP contribution >= 0.6 is 0 Å². The van der Waals surface area contributed by atoms with Gasteiger partial charge in [0.2, 0.25) is 5.91 Å². The molecule has 3 aromatic carbocycles. The maximum Gasteiger partial charge on any atom is 0.322 e. The number of guanidine groups is 1. The van der Waals surface area contributed by atoms with Crippen LogP contribution < -0.4 is 21.5 Å². The van der Waals surface area contributed by atoms with E-state index in [-0.39, 0.29) is 36.8 Å². The van der Waals surface area contributed by atoms with Gasteiger partial charge in [0.1, 0.15) is 11.6 Å². The fraction of sp³-hybridized carbons (Fsp3) is 0.354. The number of nitrogens with two attached hydrogens (primary N) is 2. The summed E-state index contributed by atoms with van der Waals surface area (Å²) in [6, 6.07) is 33.4. The number of nitrogens with one attached hydrogen (secondary N) is 2. The molecular weight excluding hydrogens is 812 g/mol. The average Bonchev–Trinajstić information content (AvgIpc) is 3.27. The topological polar surface area (TPSA) is 177 Å². The van der Waals surface area contributed by atoms with Crippen LogP contribution in [-0.2, 0) is 44.1 Å². The van der Waals surface area contributed by atoms with Crippen LogP contribution in [0.15, 0.2) is 109 Å². The number of aromatic nitrogens is 2. The maximum absolute atomic E-state index is 14.5. The molecule has 2 aromatic heterocycles. The Hall–Kier alpha value is -6.62. The van der Waals surface area contributed by atoms with Crippen molar-refractivity contribution >= 4 is 29.3 Å². The number of fused-ring (bicyclic) bond motifs is 4. The monoisotopic (exact) mass is 870 g/mol. The Balaban J connectivity index is 1.20. The molecule has 2 aliphatic heterocycles. The highest BCUT2D eigenvalue weighted by Gasteiger charge is 2.25. The fourth-order valence-electron chi connectivity index (χ4n) is 8.21. The van der Waals surface area contributed by atoms with Crippen molar-refractivity contribution < 1.29 is 18.7 Å². The third kappa shape index (κ3) is 13.4. The Bertz CT molecular complexity index is 2360. The molecule has 7 rings (SSSR count). The van der Waals surface area contributed by atoms with Gasteiger partial charge < -0.3 is 36.2 Å². The highest BCUT2D eigenvalue weighted by molar-refractivity contribution is 5.89. The molecule has 0 aliphatic carbocycles. The number of carbonyl (C=O) groups excluding carboxylic acids is 2. The zero-order valence-corrected chi connectivity index (χ0v) is 36.5. The number of ether oxygens (including phenoxy) is 1. The minimum Gasteiger partial charge on any atom is -0.497 e. The molecule has 3 amide bonds. The van der Waals surface area contributed by atoms with Gasteiger partial charge in [0.15, 0.2) is 5.96 Å². The highest BCUT2D eigenvalue weighted by atomic mass is 19.1. The molecule has 1 fully saturated rings. The van der Waals surface area contributed by atoms with E-state index in [1.54, 1.807) is 35.1 Å². The maximum atomic E-state index is 14.5. The largest absolute Gasteiger partial charge is 0.497 e. The summed E-state index contributed by atoms with van der Waals surface area (Å²) >= 11 is 0. The van der Waals surface area contributed by atoms with Crippen molar-refractivity contribution in [2.24, 2.45) is 5.73 Å². The molecule has 5 aromatic rings. The minimum atomic E-state index is -0.298. The molecule has 4 heterocycles. The molecule has 336 valence electrons. The number of rotatable bonds is 8. The molecule has 15 nitrogen and oxygen atoms in total. The van der Waals surface area contributed by atoms with E-state index in [1.807, 2.05) is 83.8 Å². The summed E-state index contributed by atoms with van der Waals surface area (Å²) in [7, 11) is 1.59. The number of hydrogen-bond donors (Lipinski definition) is 4. The molecule has 0 radical (unpaired) electrons. The van der Waals surface area contributed by atoms with E-state index < -0.39 is 0 Å². The van der Waals surface area contributed by atoms with E-state index in [2.05, 4.69) is 26.1 Å². The number of nitrogen functional groups attached to an aromatic ring is 1. The quantitative estimate of drug-likeness (QED) is 0.0918. The molecule has 1 saturated heterocycles. The van der Waals surface area contributed by atoms with E-state index in [9.17, 15) is 14.0 Å². The Morgan fingerprint density at radius 2 is 1.22 bits per heavy atom. The highest BCUT2D eigenvalue weighted by Crippen LogP contribution is 2.20. The van der Waals surface area contributed by atoms with Crippen molar-refractivity contribution in [1.82, 2.24) is 39.4 Å². The fourth-order valence-corrected chi connectivity index (χ4v) is 8.21. The number of hydrogen-bond acceptors (Lipinski definition) is 10. The van der Waals surface area contributed by atoms with Gasteiger partial charge in [-0.3, -0.25) is 34.9 Å². The molecule has 0 saturated carbocycles. The SMILES string of the molecule is COc1cccc(NC(=O)N2CCN(Cc3cccc(F)c3)CCCN(Cc3cccc(N)c3)Cc3cccc(n3)CN(CC(=O)N3CCN(C(=N)N)CC3)Cc3cccc(n3)C2)c1. The number of nitrogens with zero attached hydrogens (tertiary/aromatic N) is 8. The van der Waals surface area contributed by atoms with Crippen LogP contribution in [0.25, 0.3) is 0 Å². The summed E-state index contributed by atoms with van der Waals surface area (Å²) in [5.74, 6) is 0.317. The van der Waals surface area contributed by atoms with Crippen molar-refractivity contribution in [3.8, 4) is 5.75 Å². The molecule has 0 unspecified atom stereocenters. The molecular formula is C48H59FN12O3. The average molecular weight is 871 g/mol. The van der Waals surface area contributed by atoms with Crippen LogP contribution in [0.1, 0.15) is 40.3 Å². The van der Waals surface area contributed by atoms with Crippen LogP contribution in [0, 0.1) is 11.2 Å². The van der Waals surface area contributed by atoms with Crippen molar-refractivity contribution in [3.63, 3.8) is 0 Å². The Morgan fingerprint density at radius 3 is 1.88 bits per heavy atom. The van der Waals surface area contributed by atoms with Gasteiger partial charge in [-0.1, -0.05) is 42.5 Å². The zero-order valence-electron chi connectivity index (χ0n) is 36.5. The van der Waals surface area contributed by atoms with Crippen LogP contribution in [0.4, 0.5) is 20.6 Å². The van der Waals surface area contributed by atoms with Gasteiger partial charge in [0, 0.05) is 96.0 Å². The van der Waals surface area contributed by atoms with E-state index in [4.69, 9.17) is 31.6 Å². The second-order valence-electron chi connectivity index (χ2n) is 16.4. The van der Waals surface area contributed by atoms with Gasteiger partial charge in [-0.2, -0.15) is 0 Å². The number of pyridine rings is 2. The lowest BCUT2D eigenvalue weighted by molar-refractivity contribution is -0.134. The second-order valence-corrected chi connectivity index (χ2v) is 16.4. The third-order valence-corrected chi connectivity index (χ3v) is 11.5. The number of anilines is 2. The number of methoxy groups -OCH3 is 1. The van der Waals surface area contributed by atoms with E-state index in [0.29, 0.717) is 101 Å². The molecule has 2 aliphatic rings. The number of urea groups is 1. The Kier molecular flexibility index (Phi) is 15.7. The van der Waals surface area contributed by atoms with Crippen molar-refractivity contribution in [2.45, 2.75) is 45.7 Å². The summed E-state index contributed by atoms with van der Waals surface area (Å²) in [6.45, 7) is 7.08. The number of halogens is 1. The van der Waals surface area contributed by atoms with Crippen molar-refractivity contribution in [2.75, 3.05) is 77.1 Å². The summed E-state index contributed by atoms with van der Waals surface area (Å²) in [5.41, 5.74) is 18.4. The standard InChI is InChI=1S/C48H59FN12O3/c1-64-45-17-6-12-40(28-45)55-48(63)61-21-20-56(29-36-8-2-10-38(49)26-36)18-7-19-57(30-37-9-3-11-39(50)27-37)31-41-13-4-14-42(53-41)32-58(33-43-15-5-16-44(34-61)54-43)35-46(62)59-22-24-60(25-23-59)47(51)52/h2-6,8-17,26-28H,7,18-25,29-35,50H2,1H3,(H3,51,52)(H,55,63). The summed E-state index contributed by atoms with van der Waals surface area (Å²) in [5, 5.41) is 10.9. The molecule has 0 atom stereocenters. The van der Waals surface area contributed by atoms with Gasteiger partial charge in [-0.05, 0) is 84.8 Å². The van der Waals surface area contributed by atoms with E-state index in [0.717, 1.165) is 41.2 Å². The molecule has 64 heavy (non-hydrogen) atoms. The number of carbonyl (C=O) groups is 2. The minimum absolute atomic E-state index is 0.0104. The van der Waals surface area contributed by atoms with Crippen LogP contribution in [0.5, 0.6) is 5.75 Å². The molecule has 16 heteroatoms. The molecule has 0 spiro atoms. The van der Waals surface area contributed by atoms with Gasteiger partial charge in [-0.25, -0.2) is 9.18 Å². The van der Waals surface area contributed by atoms with Gasteiger partial charge in [0.25, 0.3) is 0 Å². The van der Waals surface area contributed by atoms with Crippen LogP contribution in [0.2, 0.25) is 0 Å². The lowest BCUT2D eigenvalue weighted by atomic mass is 10.1. The van der Waals surface area contributed by atoms with Crippen LogP contribution in [0.3, 0.4) is 0 Å². The normalized spacial score (nSPS) is 16.3.